The number of hydrogen-bond acceptors (Lipinski definition) is 3. The third-order valence-electron chi connectivity index (χ3n) is 3.14. The quantitative estimate of drug-likeness (QED) is 0.590. The van der Waals surface area contributed by atoms with Crippen molar-refractivity contribution in [2.75, 3.05) is 0 Å². The van der Waals surface area contributed by atoms with Gasteiger partial charge in [-0.05, 0) is 37.3 Å². The summed E-state index contributed by atoms with van der Waals surface area (Å²) in [4.78, 5) is 24.2. The minimum absolute atomic E-state index is 0.0237. The molecule has 0 amide bonds. The van der Waals surface area contributed by atoms with E-state index in [1.807, 2.05) is 19.2 Å². The fraction of sp³-hybridized carbons (Fsp3) is 0.571. The molecule has 0 bridgehead atoms. The molecule has 0 saturated carbocycles. The number of rotatable bonds is 9. The number of aldehydes is 1. The van der Waals surface area contributed by atoms with Gasteiger partial charge in [0.05, 0.1) is 0 Å². The van der Waals surface area contributed by atoms with Crippen LogP contribution in [0.3, 0.4) is 0 Å². The lowest BCUT2D eigenvalue weighted by Gasteiger charge is -2.13. The number of H-pyrrole nitrogens is 1. The zero-order valence-electron chi connectivity index (χ0n) is 11.3. The highest BCUT2D eigenvalue weighted by atomic mass is 16.4. The van der Waals surface area contributed by atoms with Crippen LogP contribution in [0.4, 0.5) is 0 Å². The molecule has 0 radical (unpaired) electrons. The molecule has 4 N–H and O–H groups in total. The Morgan fingerprint density at radius 2 is 2.32 bits per heavy atom. The highest BCUT2D eigenvalue weighted by molar-refractivity contribution is 5.66. The van der Waals surface area contributed by atoms with Crippen molar-refractivity contribution in [2.24, 2.45) is 11.7 Å². The summed E-state index contributed by atoms with van der Waals surface area (Å²) in [7, 11) is 0. The number of hydrogen-bond donors (Lipinski definition) is 3. The summed E-state index contributed by atoms with van der Waals surface area (Å²) in [5.74, 6) is -0.797. The number of carboxylic acid groups (broad SMARTS) is 1. The molecule has 1 aromatic heterocycles. The maximum absolute atomic E-state index is 10.6. The average Bonchev–Trinajstić information content (AvgIpc) is 2.76. The average molecular weight is 266 g/mol. The minimum atomic E-state index is -0.774. The summed E-state index contributed by atoms with van der Waals surface area (Å²) >= 11 is 0. The van der Waals surface area contributed by atoms with E-state index in [2.05, 4.69) is 4.98 Å². The summed E-state index contributed by atoms with van der Waals surface area (Å²) < 4.78 is 0. The Bertz CT molecular complexity index is 415. The summed E-state index contributed by atoms with van der Waals surface area (Å²) in [5.41, 5.74) is 8.19. The van der Waals surface area contributed by atoms with Crippen molar-refractivity contribution in [2.45, 2.75) is 45.1 Å². The van der Waals surface area contributed by atoms with E-state index in [1.165, 1.54) is 0 Å². The third-order valence-corrected chi connectivity index (χ3v) is 3.14. The predicted octanol–water partition coefficient (Wildman–Crippen LogP) is 1.52. The SMILES string of the molecule is CC(C=O)CC(N)Cc1cc[nH]c1CCCC(=O)O. The first-order chi connectivity index (χ1) is 9.02. The Labute approximate surface area is 113 Å². The first-order valence-corrected chi connectivity index (χ1v) is 6.60. The molecule has 5 nitrogen and oxygen atoms in total. The number of aromatic amines is 1. The van der Waals surface area contributed by atoms with Crippen molar-refractivity contribution in [1.29, 1.82) is 0 Å². The molecule has 2 unspecified atom stereocenters. The number of carbonyl (C=O) groups is 2. The highest BCUT2D eigenvalue weighted by Crippen LogP contribution is 2.14. The van der Waals surface area contributed by atoms with Crippen LogP contribution in [0.25, 0.3) is 0 Å². The lowest BCUT2D eigenvalue weighted by Crippen LogP contribution is -2.26. The number of aliphatic carboxylic acids is 1. The van der Waals surface area contributed by atoms with Crippen molar-refractivity contribution in [1.82, 2.24) is 4.98 Å². The van der Waals surface area contributed by atoms with Crippen molar-refractivity contribution in [3.63, 3.8) is 0 Å². The molecule has 1 aromatic rings. The van der Waals surface area contributed by atoms with E-state index in [1.54, 1.807) is 0 Å². The number of carboxylic acids is 1. The van der Waals surface area contributed by atoms with Gasteiger partial charge in [0.15, 0.2) is 0 Å². The van der Waals surface area contributed by atoms with Crippen molar-refractivity contribution in [3.05, 3.63) is 23.5 Å². The van der Waals surface area contributed by atoms with Gasteiger partial charge in [-0.15, -0.1) is 0 Å². The second-order valence-electron chi connectivity index (χ2n) is 5.04. The highest BCUT2D eigenvalue weighted by Gasteiger charge is 2.12. The maximum atomic E-state index is 10.6. The van der Waals surface area contributed by atoms with Gasteiger partial charge in [0, 0.05) is 30.3 Å². The van der Waals surface area contributed by atoms with Crippen molar-refractivity contribution in [3.8, 4) is 0 Å². The summed E-state index contributed by atoms with van der Waals surface area (Å²) in [6.07, 6.45) is 5.65. The Hall–Kier alpha value is -1.62. The molecule has 1 rings (SSSR count). The van der Waals surface area contributed by atoms with Crippen LogP contribution in [0, 0.1) is 5.92 Å². The van der Waals surface area contributed by atoms with E-state index in [4.69, 9.17) is 10.8 Å². The van der Waals surface area contributed by atoms with Crippen molar-refractivity contribution < 1.29 is 14.7 Å². The van der Waals surface area contributed by atoms with Crippen LogP contribution < -0.4 is 5.73 Å². The fourth-order valence-electron chi connectivity index (χ4n) is 2.18. The van der Waals surface area contributed by atoms with Gasteiger partial charge in [0.1, 0.15) is 6.29 Å². The molecule has 1 heterocycles. The third kappa shape index (κ3) is 5.70. The molecule has 0 aromatic carbocycles. The normalized spacial score (nSPS) is 14.0. The Kier molecular flexibility index (Phi) is 6.29. The van der Waals surface area contributed by atoms with Gasteiger partial charge in [-0.25, -0.2) is 0 Å². The monoisotopic (exact) mass is 266 g/mol. The van der Waals surface area contributed by atoms with Crippen LogP contribution in [0.1, 0.15) is 37.4 Å². The first-order valence-electron chi connectivity index (χ1n) is 6.60. The van der Waals surface area contributed by atoms with Crippen LogP contribution in [-0.4, -0.2) is 28.4 Å². The smallest absolute Gasteiger partial charge is 0.303 e. The van der Waals surface area contributed by atoms with Crippen molar-refractivity contribution >= 4 is 12.3 Å². The lowest BCUT2D eigenvalue weighted by molar-refractivity contribution is -0.137. The van der Waals surface area contributed by atoms with E-state index >= 15 is 0 Å². The van der Waals surface area contributed by atoms with Crippen LogP contribution in [0.15, 0.2) is 12.3 Å². The predicted molar refractivity (Wildman–Crippen MR) is 72.9 cm³/mol. The van der Waals surface area contributed by atoms with Gasteiger partial charge >= 0.3 is 5.97 Å². The molecular formula is C14H22N2O3. The Balaban J connectivity index is 2.47. The number of aryl methyl sites for hydroxylation is 1. The number of carbonyl (C=O) groups excluding carboxylic acids is 1. The van der Waals surface area contributed by atoms with Crippen LogP contribution in [-0.2, 0) is 22.4 Å². The molecule has 0 aliphatic carbocycles. The van der Waals surface area contributed by atoms with Crippen LogP contribution >= 0.6 is 0 Å². The maximum Gasteiger partial charge on any atom is 0.303 e. The number of nitrogens with two attached hydrogens (primary N) is 1. The van der Waals surface area contributed by atoms with E-state index in [9.17, 15) is 9.59 Å². The standard InChI is InChI=1S/C14H22N2O3/c1-10(9-17)7-12(15)8-11-5-6-16-13(11)3-2-4-14(18)19/h5-6,9-10,12,16H,2-4,7-8,15H2,1H3,(H,18,19). The Morgan fingerprint density at radius 1 is 1.58 bits per heavy atom. The van der Waals surface area contributed by atoms with E-state index in [0.717, 1.165) is 17.5 Å². The van der Waals surface area contributed by atoms with E-state index < -0.39 is 5.97 Å². The van der Waals surface area contributed by atoms with Gasteiger partial charge < -0.3 is 20.6 Å². The van der Waals surface area contributed by atoms with Gasteiger partial charge in [0.2, 0.25) is 0 Å². The first kappa shape index (κ1) is 15.4. The van der Waals surface area contributed by atoms with Crippen LogP contribution in [0.5, 0.6) is 0 Å². The number of aromatic nitrogens is 1. The lowest BCUT2D eigenvalue weighted by atomic mass is 9.97. The summed E-state index contributed by atoms with van der Waals surface area (Å²) in [6.45, 7) is 1.86. The van der Waals surface area contributed by atoms with E-state index in [-0.39, 0.29) is 18.4 Å². The largest absolute Gasteiger partial charge is 0.481 e. The topological polar surface area (TPSA) is 96.2 Å². The fourth-order valence-corrected chi connectivity index (χ4v) is 2.18. The molecule has 0 aliphatic heterocycles. The molecule has 2 atom stereocenters. The van der Waals surface area contributed by atoms with Gasteiger partial charge in [-0.3, -0.25) is 4.79 Å². The van der Waals surface area contributed by atoms with Gasteiger partial charge in [-0.2, -0.15) is 0 Å². The molecule has 0 saturated heterocycles. The molecule has 0 aliphatic rings. The molecule has 106 valence electrons. The second kappa shape index (κ2) is 7.74. The summed E-state index contributed by atoms with van der Waals surface area (Å²) in [5, 5.41) is 8.62. The molecule has 5 heteroatoms. The molecule has 19 heavy (non-hydrogen) atoms. The number of nitrogens with one attached hydrogen (secondary N) is 1. The minimum Gasteiger partial charge on any atom is -0.481 e. The second-order valence-corrected chi connectivity index (χ2v) is 5.04. The van der Waals surface area contributed by atoms with Gasteiger partial charge in [0.25, 0.3) is 0 Å². The Morgan fingerprint density at radius 3 is 2.95 bits per heavy atom. The van der Waals surface area contributed by atoms with Gasteiger partial charge in [-0.1, -0.05) is 6.92 Å². The van der Waals surface area contributed by atoms with E-state index in [0.29, 0.717) is 25.7 Å². The zero-order chi connectivity index (χ0) is 14.3. The molecule has 0 spiro atoms. The summed E-state index contributed by atoms with van der Waals surface area (Å²) in [6, 6.07) is 1.93. The zero-order valence-corrected chi connectivity index (χ0v) is 11.3. The molecule has 0 fully saturated rings. The van der Waals surface area contributed by atoms with Crippen LogP contribution in [0.2, 0.25) is 0 Å². The molecular weight excluding hydrogens is 244 g/mol.